The van der Waals surface area contributed by atoms with Crippen molar-refractivity contribution < 1.29 is 18.0 Å². The highest BCUT2D eigenvalue weighted by Crippen LogP contribution is 2.44. The fourth-order valence-corrected chi connectivity index (χ4v) is 3.51. The van der Waals surface area contributed by atoms with Gasteiger partial charge in [0, 0.05) is 23.7 Å². The molecule has 1 aliphatic carbocycles. The van der Waals surface area contributed by atoms with Gasteiger partial charge in [-0.05, 0) is 60.4 Å². The van der Waals surface area contributed by atoms with Crippen molar-refractivity contribution in [3.63, 3.8) is 0 Å². The molecule has 3 nitrogen and oxygen atoms in total. The lowest BCUT2D eigenvalue weighted by atomic mass is 9.96. The normalized spacial score (nSPS) is 14.6. The van der Waals surface area contributed by atoms with Gasteiger partial charge < -0.3 is 5.32 Å². The Morgan fingerprint density at radius 3 is 2.64 bits per heavy atom. The number of alkyl halides is 2. The molecule has 0 bridgehead atoms. The predicted molar refractivity (Wildman–Crippen MR) is 101 cm³/mol. The second-order valence-corrected chi connectivity index (χ2v) is 6.89. The fourth-order valence-electron chi connectivity index (χ4n) is 3.51. The van der Waals surface area contributed by atoms with E-state index in [9.17, 15) is 18.0 Å². The summed E-state index contributed by atoms with van der Waals surface area (Å²) in [5, 5.41) is 2.54. The van der Waals surface area contributed by atoms with Crippen LogP contribution in [0, 0.1) is 12.7 Å². The Bertz CT molecular complexity index is 1060. The Hall–Kier alpha value is -3.15. The van der Waals surface area contributed by atoms with E-state index in [1.807, 2.05) is 6.92 Å². The third kappa shape index (κ3) is 3.26. The molecule has 1 amide bonds. The average molecular weight is 382 g/mol. The summed E-state index contributed by atoms with van der Waals surface area (Å²) in [6.07, 6.45) is 1.73. The van der Waals surface area contributed by atoms with Crippen LogP contribution in [-0.2, 0) is 12.3 Å². The molecule has 0 saturated carbocycles. The summed E-state index contributed by atoms with van der Waals surface area (Å²) in [7, 11) is 0. The number of hydrogen-bond donors (Lipinski definition) is 1. The van der Waals surface area contributed by atoms with Gasteiger partial charge in [0.25, 0.3) is 11.8 Å². The molecular weight excluding hydrogens is 365 g/mol. The van der Waals surface area contributed by atoms with E-state index < -0.39 is 17.6 Å². The topological polar surface area (TPSA) is 42.0 Å². The van der Waals surface area contributed by atoms with Crippen LogP contribution in [0.5, 0.6) is 0 Å². The highest BCUT2D eigenvalue weighted by atomic mass is 19.3. The van der Waals surface area contributed by atoms with Gasteiger partial charge in [-0.3, -0.25) is 4.79 Å². The van der Waals surface area contributed by atoms with Crippen LogP contribution in [0.25, 0.3) is 11.1 Å². The number of pyridine rings is 1. The molecule has 3 aromatic rings. The monoisotopic (exact) mass is 382 g/mol. The molecule has 0 aliphatic heterocycles. The molecule has 1 N–H and O–H groups in total. The summed E-state index contributed by atoms with van der Waals surface area (Å²) < 4.78 is 41.8. The molecule has 0 fully saturated rings. The van der Waals surface area contributed by atoms with Crippen molar-refractivity contribution >= 4 is 11.7 Å². The van der Waals surface area contributed by atoms with Gasteiger partial charge in [0.05, 0.1) is 5.56 Å². The lowest BCUT2D eigenvalue weighted by molar-refractivity contribution is -0.00181. The van der Waals surface area contributed by atoms with Crippen molar-refractivity contribution in [2.24, 2.45) is 0 Å². The number of anilines is 1. The molecule has 0 radical (unpaired) electrons. The summed E-state index contributed by atoms with van der Waals surface area (Å²) >= 11 is 0. The van der Waals surface area contributed by atoms with Crippen molar-refractivity contribution in [2.45, 2.75) is 25.7 Å². The number of fused-ring (bicyclic) bond motifs is 1. The van der Waals surface area contributed by atoms with Gasteiger partial charge in [-0.2, -0.15) is 0 Å². The number of amides is 1. The number of carbonyl (C=O) groups excluding carboxylic acids is 1. The molecular formula is C22H17F3N2O. The van der Waals surface area contributed by atoms with E-state index in [0.29, 0.717) is 23.1 Å². The second-order valence-electron chi connectivity index (χ2n) is 6.89. The van der Waals surface area contributed by atoms with Crippen LogP contribution in [0.15, 0.2) is 54.7 Å². The standard InChI is InChI=1S/C22H17F3N2O/c1-13-10-14-8-9-22(24,25)18(14)11-17(13)15-6-7-20(26-12-15)27-21(28)16-4-2-3-5-19(16)23/h2-7,10-12H,8-9H2,1H3,(H,26,27,28). The van der Waals surface area contributed by atoms with E-state index in [1.54, 1.807) is 24.3 Å². The van der Waals surface area contributed by atoms with Crippen LogP contribution in [0.2, 0.25) is 0 Å². The number of aromatic nitrogens is 1. The highest BCUT2D eigenvalue weighted by Gasteiger charge is 2.39. The smallest absolute Gasteiger partial charge is 0.273 e. The number of nitrogens with one attached hydrogen (secondary N) is 1. The van der Waals surface area contributed by atoms with Crippen molar-refractivity contribution in [1.82, 2.24) is 4.98 Å². The molecule has 28 heavy (non-hydrogen) atoms. The van der Waals surface area contributed by atoms with E-state index in [0.717, 1.165) is 5.56 Å². The summed E-state index contributed by atoms with van der Waals surface area (Å²) in [5.74, 6) is -3.78. The van der Waals surface area contributed by atoms with Crippen LogP contribution in [-0.4, -0.2) is 10.9 Å². The zero-order valence-corrected chi connectivity index (χ0v) is 15.1. The Labute approximate surface area is 160 Å². The van der Waals surface area contributed by atoms with Gasteiger partial charge in [0.1, 0.15) is 11.6 Å². The molecule has 0 spiro atoms. The van der Waals surface area contributed by atoms with Gasteiger partial charge in [-0.25, -0.2) is 18.2 Å². The van der Waals surface area contributed by atoms with E-state index in [1.165, 1.54) is 30.5 Å². The number of aryl methyl sites for hydroxylation is 2. The number of halogens is 3. The molecule has 1 aromatic heterocycles. The maximum absolute atomic E-state index is 14.1. The maximum Gasteiger partial charge on any atom is 0.273 e. The van der Waals surface area contributed by atoms with Crippen LogP contribution < -0.4 is 5.32 Å². The number of carbonyl (C=O) groups is 1. The van der Waals surface area contributed by atoms with Crippen LogP contribution in [0.3, 0.4) is 0 Å². The molecule has 6 heteroatoms. The molecule has 2 aromatic carbocycles. The number of nitrogens with zero attached hydrogens (tertiary/aromatic N) is 1. The summed E-state index contributed by atoms with van der Waals surface area (Å²) in [5.41, 5.74) is 2.93. The summed E-state index contributed by atoms with van der Waals surface area (Å²) in [6.45, 7) is 1.87. The average Bonchev–Trinajstić information content (AvgIpc) is 2.96. The maximum atomic E-state index is 14.1. The van der Waals surface area contributed by atoms with Crippen LogP contribution in [0.1, 0.15) is 33.5 Å². The van der Waals surface area contributed by atoms with Gasteiger partial charge >= 0.3 is 0 Å². The summed E-state index contributed by atoms with van der Waals surface area (Å²) in [4.78, 5) is 16.3. The summed E-state index contributed by atoms with van der Waals surface area (Å²) in [6, 6.07) is 12.3. The third-order valence-electron chi connectivity index (χ3n) is 4.99. The van der Waals surface area contributed by atoms with Gasteiger partial charge in [0.2, 0.25) is 0 Å². The number of rotatable bonds is 3. The largest absolute Gasteiger partial charge is 0.306 e. The molecule has 1 aliphatic rings. The Kier molecular flexibility index (Phi) is 4.41. The highest BCUT2D eigenvalue weighted by molar-refractivity contribution is 6.04. The van der Waals surface area contributed by atoms with Crippen LogP contribution >= 0.6 is 0 Å². The van der Waals surface area contributed by atoms with Crippen molar-refractivity contribution in [3.05, 3.63) is 82.8 Å². The lowest BCUT2D eigenvalue weighted by Crippen LogP contribution is -2.14. The molecule has 142 valence electrons. The number of hydrogen-bond acceptors (Lipinski definition) is 2. The Balaban J connectivity index is 1.59. The van der Waals surface area contributed by atoms with Crippen molar-refractivity contribution in [3.8, 4) is 11.1 Å². The second kappa shape index (κ2) is 6.78. The van der Waals surface area contributed by atoms with E-state index in [-0.39, 0.29) is 23.4 Å². The van der Waals surface area contributed by atoms with Gasteiger partial charge in [-0.15, -0.1) is 0 Å². The first-order valence-electron chi connectivity index (χ1n) is 8.89. The van der Waals surface area contributed by atoms with Crippen molar-refractivity contribution in [2.75, 3.05) is 5.32 Å². The molecule has 0 saturated heterocycles. The fraction of sp³-hybridized carbons (Fsp3) is 0.182. The predicted octanol–water partition coefficient (Wildman–Crippen LogP) is 5.49. The van der Waals surface area contributed by atoms with Crippen LogP contribution in [0.4, 0.5) is 19.0 Å². The lowest BCUT2D eigenvalue weighted by Gasteiger charge is -2.14. The van der Waals surface area contributed by atoms with Gasteiger partial charge in [-0.1, -0.05) is 18.2 Å². The number of benzene rings is 2. The zero-order valence-electron chi connectivity index (χ0n) is 15.1. The SMILES string of the molecule is Cc1cc2c(cc1-c1ccc(NC(=O)c3ccccc3F)nc1)C(F)(F)CC2. The van der Waals surface area contributed by atoms with E-state index in [2.05, 4.69) is 10.3 Å². The minimum absolute atomic E-state index is 0.0741. The Morgan fingerprint density at radius 1 is 1.14 bits per heavy atom. The zero-order chi connectivity index (χ0) is 19.9. The first-order valence-corrected chi connectivity index (χ1v) is 8.89. The molecule has 1 heterocycles. The minimum Gasteiger partial charge on any atom is -0.306 e. The molecule has 0 atom stereocenters. The van der Waals surface area contributed by atoms with Gasteiger partial charge in [0.15, 0.2) is 0 Å². The van der Waals surface area contributed by atoms with Crippen molar-refractivity contribution in [1.29, 1.82) is 0 Å². The van der Waals surface area contributed by atoms with E-state index >= 15 is 0 Å². The molecule has 0 unspecified atom stereocenters. The van der Waals surface area contributed by atoms with E-state index in [4.69, 9.17) is 0 Å². The molecule has 4 rings (SSSR count). The third-order valence-corrected chi connectivity index (χ3v) is 4.99. The first kappa shape index (κ1) is 18.2. The minimum atomic E-state index is -2.81. The Morgan fingerprint density at radius 2 is 1.93 bits per heavy atom. The first-order chi connectivity index (χ1) is 13.3. The quantitative estimate of drug-likeness (QED) is 0.651.